The first-order valence-corrected chi connectivity index (χ1v) is 7.46. The molecule has 0 saturated carbocycles. The van der Waals surface area contributed by atoms with Crippen LogP contribution >= 0.6 is 23.4 Å². The third-order valence-corrected chi connectivity index (χ3v) is 3.81. The average Bonchev–Trinajstić information content (AvgIpc) is 2.45. The highest BCUT2D eigenvalue weighted by Gasteiger charge is 2.11. The van der Waals surface area contributed by atoms with Crippen molar-refractivity contribution in [3.8, 4) is 5.75 Å². The molecule has 1 N–H and O–H groups in total. The zero-order valence-corrected chi connectivity index (χ0v) is 12.5. The molecule has 2 aromatic rings. The number of aromatic carboxylic acids is 1. The van der Waals surface area contributed by atoms with Gasteiger partial charge in [-0.3, -0.25) is 0 Å². The average molecular weight is 327 g/mol. The van der Waals surface area contributed by atoms with Crippen molar-refractivity contribution >= 4 is 29.3 Å². The first-order valence-electron chi connectivity index (χ1n) is 6.10. The van der Waals surface area contributed by atoms with Gasteiger partial charge in [-0.1, -0.05) is 11.6 Å². The molecule has 21 heavy (non-hydrogen) atoms. The SMILES string of the molecule is O=C(O)c1ccc(Cl)cc1OCCSc1ccc(F)cc1. The van der Waals surface area contributed by atoms with Crippen molar-refractivity contribution in [2.75, 3.05) is 12.4 Å². The van der Waals surface area contributed by atoms with E-state index in [1.54, 1.807) is 12.1 Å². The zero-order valence-electron chi connectivity index (χ0n) is 10.9. The summed E-state index contributed by atoms with van der Waals surface area (Å²) in [5.74, 6) is -0.486. The van der Waals surface area contributed by atoms with Gasteiger partial charge in [0.2, 0.25) is 0 Å². The van der Waals surface area contributed by atoms with Gasteiger partial charge in [-0.15, -0.1) is 11.8 Å². The maximum atomic E-state index is 12.8. The Morgan fingerprint density at radius 3 is 2.62 bits per heavy atom. The lowest BCUT2D eigenvalue weighted by Crippen LogP contribution is -2.06. The van der Waals surface area contributed by atoms with Crippen LogP contribution in [-0.2, 0) is 0 Å². The number of halogens is 2. The maximum absolute atomic E-state index is 12.8. The molecular weight excluding hydrogens is 315 g/mol. The molecule has 0 bridgehead atoms. The van der Waals surface area contributed by atoms with Gasteiger partial charge in [0, 0.05) is 15.7 Å². The van der Waals surface area contributed by atoms with Crippen molar-refractivity contribution in [3.63, 3.8) is 0 Å². The van der Waals surface area contributed by atoms with Crippen molar-refractivity contribution < 1.29 is 19.0 Å². The Morgan fingerprint density at radius 2 is 1.95 bits per heavy atom. The Labute approximate surface area is 130 Å². The standard InChI is InChI=1S/C15H12ClFO3S/c16-10-1-6-13(15(18)19)14(9-10)20-7-8-21-12-4-2-11(17)3-5-12/h1-6,9H,7-8H2,(H,18,19). The van der Waals surface area contributed by atoms with E-state index >= 15 is 0 Å². The van der Waals surface area contributed by atoms with Crippen LogP contribution in [0.1, 0.15) is 10.4 Å². The molecule has 110 valence electrons. The van der Waals surface area contributed by atoms with E-state index in [2.05, 4.69) is 0 Å². The molecule has 3 nitrogen and oxygen atoms in total. The topological polar surface area (TPSA) is 46.5 Å². The van der Waals surface area contributed by atoms with E-state index in [0.717, 1.165) is 4.90 Å². The molecule has 0 aliphatic carbocycles. The number of hydrogen-bond acceptors (Lipinski definition) is 3. The van der Waals surface area contributed by atoms with E-state index in [1.165, 1.54) is 42.1 Å². The van der Waals surface area contributed by atoms with Crippen molar-refractivity contribution in [1.29, 1.82) is 0 Å². The molecule has 0 unspecified atom stereocenters. The van der Waals surface area contributed by atoms with Gasteiger partial charge in [0.1, 0.15) is 17.1 Å². The lowest BCUT2D eigenvalue weighted by molar-refractivity contribution is 0.0692. The number of carbonyl (C=O) groups is 1. The number of carboxylic acids is 1. The summed E-state index contributed by atoms with van der Waals surface area (Å²) in [7, 11) is 0. The third kappa shape index (κ3) is 4.65. The van der Waals surface area contributed by atoms with Crippen molar-refractivity contribution in [2.45, 2.75) is 4.90 Å². The lowest BCUT2D eigenvalue weighted by Gasteiger charge is -2.09. The number of carboxylic acid groups (broad SMARTS) is 1. The number of hydrogen-bond donors (Lipinski definition) is 1. The van der Waals surface area contributed by atoms with E-state index < -0.39 is 5.97 Å². The molecule has 0 aliphatic rings. The van der Waals surface area contributed by atoms with Gasteiger partial charge < -0.3 is 9.84 Å². The van der Waals surface area contributed by atoms with Gasteiger partial charge in [-0.2, -0.15) is 0 Å². The van der Waals surface area contributed by atoms with Crippen LogP contribution < -0.4 is 4.74 Å². The third-order valence-electron chi connectivity index (χ3n) is 2.60. The van der Waals surface area contributed by atoms with Gasteiger partial charge in [-0.05, 0) is 42.5 Å². The van der Waals surface area contributed by atoms with Gasteiger partial charge >= 0.3 is 5.97 Å². The quantitative estimate of drug-likeness (QED) is 0.633. The smallest absolute Gasteiger partial charge is 0.339 e. The van der Waals surface area contributed by atoms with E-state index in [0.29, 0.717) is 17.4 Å². The fourth-order valence-corrected chi connectivity index (χ4v) is 2.53. The molecule has 0 heterocycles. The first kappa shape index (κ1) is 15.7. The molecule has 0 saturated heterocycles. The molecule has 0 atom stereocenters. The highest BCUT2D eigenvalue weighted by atomic mass is 35.5. The Bertz CT molecular complexity index is 631. The summed E-state index contributed by atoms with van der Waals surface area (Å²) < 4.78 is 18.2. The molecule has 0 amide bonds. The second-order valence-electron chi connectivity index (χ2n) is 4.10. The number of benzene rings is 2. The molecule has 0 fully saturated rings. The molecule has 2 aromatic carbocycles. The monoisotopic (exact) mass is 326 g/mol. The van der Waals surface area contributed by atoms with Crippen molar-refractivity contribution in [2.24, 2.45) is 0 Å². The minimum atomic E-state index is -1.06. The Hall–Kier alpha value is -1.72. The molecule has 0 aromatic heterocycles. The molecule has 2 rings (SSSR count). The summed E-state index contributed by atoms with van der Waals surface area (Å²) in [6, 6.07) is 10.5. The van der Waals surface area contributed by atoms with Gasteiger partial charge in [0.15, 0.2) is 0 Å². The predicted octanol–water partition coefficient (Wildman–Crippen LogP) is 4.35. The lowest BCUT2D eigenvalue weighted by atomic mass is 10.2. The van der Waals surface area contributed by atoms with Gasteiger partial charge in [-0.25, -0.2) is 9.18 Å². The summed E-state index contributed by atoms with van der Waals surface area (Å²) in [4.78, 5) is 12.0. The minimum Gasteiger partial charge on any atom is -0.492 e. The Morgan fingerprint density at radius 1 is 1.24 bits per heavy atom. The summed E-state index contributed by atoms with van der Waals surface area (Å²) in [5, 5.41) is 9.47. The zero-order chi connectivity index (χ0) is 15.2. The second-order valence-corrected chi connectivity index (χ2v) is 5.70. The normalized spacial score (nSPS) is 10.4. The highest BCUT2D eigenvalue weighted by Crippen LogP contribution is 2.24. The number of ether oxygens (including phenoxy) is 1. The van der Waals surface area contributed by atoms with E-state index in [9.17, 15) is 9.18 Å². The predicted molar refractivity (Wildman–Crippen MR) is 81.0 cm³/mol. The van der Waals surface area contributed by atoms with E-state index in [4.69, 9.17) is 21.4 Å². The molecule has 0 aliphatic heterocycles. The Kier molecular flexibility index (Phi) is 5.47. The Balaban J connectivity index is 1.90. The van der Waals surface area contributed by atoms with Crippen LogP contribution in [-0.4, -0.2) is 23.4 Å². The van der Waals surface area contributed by atoms with Crippen LogP contribution in [0, 0.1) is 5.82 Å². The van der Waals surface area contributed by atoms with E-state index in [1.807, 2.05) is 0 Å². The van der Waals surface area contributed by atoms with Crippen LogP contribution in [0.25, 0.3) is 0 Å². The summed E-state index contributed by atoms with van der Waals surface area (Å²) >= 11 is 7.33. The van der Waals surface area contributed by atoms with Crippen LogP contribution in [0.5, 0.6) is 5.75 Å². The van der Waals surface area contributed by atoms with Crippen molar-refractivity contribution in [1.82, 2.24) is 0 Å². The van der Waals surface area contributed by atoms with Crippen LogP contribution in [0.15, 0.2) is 47.4 Å². The highest BCUT2D eigenvalue weighted by molar-refractivity contribution is 7.99. The van der Waals surface area contributed by atoms with Crippen molar-refractivity contribution in [3.05, 3.63) is 58.9 Å². The van der Waals surface area contributed by atoms with Crippen LogP contribution in [0.2, 0.25) is 5.02 Å². The fourth-order valence-electron chi connectivity index (χ4n) is 1.63. The fraction of sp³-hybridized carbons (Fsp3) is 0.133. The second kappa shape index (κ2) is 7.33. The molecule has 0 spiro atoms. The largest absolute Gasteiger partial charge is 0.492 e. The molecular formula is C15H12ClFO3S. The number of rotatable bonds is 6. The van der Waals surface area contributed by atoms with Crippen LogP contribution in [0.4, 0.5) is 4.39 Å². The maximum Gasteiger partial charge on any atom is 0.339 e. The van der Waals surface area contributed by atoms with Gasteiger partial charge in [0.25, 0.3) is 0 Å². The number of thioether (sulfide) groups is 1. The van der Waals surface area contributed by atoms with E-state index in [-0.39, 0.29) is 17.1 Å². The summed E-state index contributed by atoms with van der Waals surface area (Å²) in [5.41, 5.74) is 0.0752. The van der Waals surface area contributed by atoms with Crippen LogP contribution in [0.3, 0.4) is 0 Å². The minimum absolute atomic E-state index is 0.0752. The molecule has 6 heteroatoms. The summed E-state index contributed by atoms with van der Waals surface area (Å²) in [6.07, 6.45) is 0. The van der Waals surface area contributed by atoms with Gasteiger partial charge in [0.05, 0.1) is 6.61 Å². The molecule has 0 radical (unpaired) electrons. The summed E-state index contributed by atoms with van der Waals surface area (Å²) in [6.45, 7) is 0.322. The first-order chi connectivity index (χ1) is 10.1.